The second-order valence-electron chi connectivity index (χ2n) is 6.76. The van der Waals surface area contributed by atoms with E-state index in [1.54, 1.807) is 13.2 Å². The maximum absolute atomic E-state index is 12.6. The predicted molar refractivity (Wildman–Crippen MR) is 107 cm³/mol. The zero-order chi connectivity index (χ0) is 20.1. The maximum Gasteiger partial charge on any atom is 0.269 e. The van der Waals surface area contributed by atoms with Gasteiger partial charge in [-0.3, -0.25) is 19.8 Å². The van der Waals surface area contributed by atoms with Crippen LogP contribution in [0.5, 0.6) is 0 Å². The number of nitro benzene ring substituents is 1. The molecule has 0 saturated carbocycles. The Morgan fingerprint density at radius 1 is 1.25 bits per heavy atom. The van der Waals surface area contributed by atoms with Gasteiger partial charge in [0.15, 0.2) is 0 Å². The highest BCUT2D eigenvalue weighted by atomic mass is 35.5. The smallest absolute Gasteiger partial charge is 0.269 e. The number of anilines is 1. The first-order valence-electron chi connectivity index (χ1n) is 8.99. The number of non-ortho nitro benzene ring substituents is 1. The van der Waals surface area contributed by atoms with Crippen LogP contribution in [0.15, 0.2) is 42.6 Å². The Morgan fingerprint density at radius 3 is 2.64 bits per heavy atom. The molecule has 1 fully saturated rings. The first-order valence-corrected chi connectivity index (χ1v) is 9.37. The fourth-order valence-corrected chi connectivity index (χ4v) is 3.38. The van der Waals surface area contributed by atoms with E-state index in [2.05, 4.69) is 9.88 Å². The molecule has 0 atom stereocenters. The van der Waals surface area contributed by atoms with Crippen molar-refractivity contribution in [1.82, 2.24) is 14.8 Å². The topological polar surface area (TPSA) is 82.8 Å². The summed E-state index contributed by atoms with van der Waals surface area (Å²) in [4.78, 5) is 33.3. The third-order valence-electron chi connectivity index (χ3n) is 4.69. The van der Waals surface area contributed by atoms with Gasteiger partial charge >= 0.3 is 0 Å². The van der Waals surface area contributed by atoms with Crippen molar-refractivity contribution in [3.8, 4) is 0 Å². The number of rotatable bonds is 6. The number of likely N-dealkylation sites (N-methyl/N-ethyl adjacent to an activating group) is 1. The third kappa shape index (κ3) is 4.96. The average Bonchev–Trinajstić information content (AvgIpc) is 2.70. The molecule has 148 valence electrons. The van der Waals surface area contributed by atoms with Crippen LogP contribution in [0.25, 0.3) is 0 Å². The normalized spacial score (nSPS) is 14.4. The number of amides is 1. The molecule has 2 heterocycles. The van der Waals surface area contributed by atoms with Crippen molar-refractivity contribution in [3.05, 3.63) is 63.3 Å². The highest BCUT2D eigenvalue weighted by molar-refractivity contribution is 6.31. The van der Waals surface area contributed by atoms with Crippen molar-refractivity contribution in [2.75, 3.05) is 44.7 Å². The van der Waals surface area contributed by atoms with Crippen LogP contribution in [0, 0.1) is 10.1 Å². The van der Waals surface area contributed by atoms with Gasteiger partial charge in [-0.1, -0.05) is 17.7 Å². The summed E-state index contributed by atoms with van der Waals surface area (Å²) in [5.41, 5.74) is 0.621. The van der Waals surface area contributed by atoms with E-state index in [4.69, 9.17) is 11.6 Å². The average molecular weight is 404 g/mol. The number of nitro groups is 1. The number of pyridine rings is 1. The molecule has 0 unspecified atom stereocenters. The predicted octanol–water partition coefficient (Wildman–Crippen LogP) is 2.42. The Hall–Kier alpha value is -2.71. The number of aromatic nitrogens is 1. The standard InChI is InChI=1S/C19H22ClN5O3/c1-22(13-15-12-16(25(27)28)5-6-17(15)20)14-19(26)24-10-8-23(9-11-24)18-4-2-3-7-21-18/h2-7,12H,8-11,13-14H2,1H3. The summed E-state index contributed by atoms with van der Waals surface area (Å²) in [6.07, 6.45) is 1.76. The van der Waals surface area contributed by atoms with Crippen molar-refractivity contribution in [2.45, 2.75) is 6.54 Å². The largest absolute Gasteiger partial charge is 0.353 e. The van der Waals surface area contributed by atoms with Crippen LogP contribution in [-0.4, -0.2) is 65.4 Å². The van der Waals surface area contributed by atoms with Gasteiger partial charge < -0.3 is 9.80 Å². The van der Waals surface area contributed by atoms with Crippen molar-refractivity contribution in [3.63, 3.8) is 0 Å². The lowest BCUT2D eigenvalue weighted by molar-refractivity contribution is -0.384. The molecule has 28 heavy (non-hydrogen) atoms. The Balaban J connectivity index is 1.52. The zero-order valence-corrected chi connectivity index (χ0v) is 16.4. The molecule has 8 nitrogen and oxygen atoms in total. The van der Waals surface area contributed by atoms with Crippen LogP contribution in [0.1, 0.15) is 5.56 Å². The molecule has 1 aromatic carbocycles. The Labute approximate surface area is 168 Å². The minimum absolute atomic E-state index is 0.00947. The summed E-state index contributed by atoms with van der Waals surface area (Å²) in [7, 11) is 1.80. The van der Waals surface area contributed by atoms with Crippen LogP contribution in [0.2, 0.25) is 5.02 Å². The number of carbonyl (C=O) groups excluding carboxylic acids is 1. The molecule has 1 aliphatic rings. The van der Waals surface area contributed by atoms with Crippen molar-refractivity contribution >= 4 is 29.0 Å². The molecule has 1 aromatic heterocycles. The minimum Gasteiger partial charge on any atom is -0.353 e. The van der Waals surface area contributed by atoms with Gasteiger partial charge in [0.25, 0.3) is 5.69 Å². The zero-order valence-electron chi connectivity index (χ0n) is 15.6. The molecule has 0 bridgehead atoms. The number of halogens is 1. The summed E-state index contributed by atoms with van der Waals surface area (Å²) >= 11 is 6.15. The van der Waals surface area contributed by atoms with Gasteiger partial charge in [0.2, 0.25) is 5.91 Å². The lowest BCUT2D eigenvalue weighted by Crippen LogP contribution is -2.51. The van der Waals surface area contributed by atoms with Gasteiger partial charge in [0, 0.05) is 56.1 Å². The molecular formula is C19H22ClN5O3. The lowest BCUT2D eigenvalue weighted by Gasteiger charge is -2.36. The molecule has 2 aromatic rings. The van der Waals surface area contributed by atoms with Gasteiger partial charge in [-0.05, 0) is 30.8 Å². The molecule has 1 saturated heterocycles. The summed E-state index contributed by atoms with van der Waals surface area (Å²) < 4.78 is 0. The quantitative estimate of drug-likeness (QED) is 0.544. The number of carbonyl (C=O) groups is 1. The van der Waals surface area contributed by atoms with E-state index < -0.39 is 4.92 Å². The molecule has 9 heteroatoms. The molecule has 0 N–H and O–H groups in total. The number of nitrogens with zero attached hydrogens (tertiary/aromatic N) is 5. The van der Waals surface area contributed by atoms with E-state index in [9.17, 15) is 14.9 Å². The fraction of sp³-hybridized carbons (Fsp3) is 0.368. The monoisotopic (exact) mass is 403 g/mol. The minimum atomic E-state index is -0.452. The summed E-state index contributed by atoms with van der Waals surface area (Å²) in [5, 5.41) is 11.4. The van der Waals surface area contributed by atoms with Crippen LogP contribution < -0.4 is 4.90 Å². The lowest BCUT2D eigenvalue weighted by atomic mass is 10.2. The van der Waals surface area contributed by atoms with E-state index in [1.807, 2.05) is 28.0 Å². The first-order chi connectivity index (χ1) is 13.4. The third-order valence-corrected chi connectivity index (χ3v) is 5.06. The van der Waals surface area contributed by atoms with Gasteiger partial charge in [0.1, 0.15) is 5.82 Å². The molecule has 0 radical (unpaired) electrons. The number of hydrogen-bond acceptors (Lipinski definition) is 6. The first kappa shape index (κ1) is 20.0. The number of piperazine rings is 1. The van der Waals surface area contributed by atoms with Crippen LogP contribution in [0.4, 0.5) is 11.5 Å². The Kier molecular flexibility index (Phi) is 6.43. The van der Waals surface area contributed by atoms with E-state index in [0.717, 1.165) is 18.9 Å². The molecule has 1 aliphatic heterocycles. The Bertz CT molecular complexity index is 841. The van der Waals surface area contributed by atoms with E-state index in [0.29, 0.717) is 30.2 Å². The van der Waals surface area contributed by atoms with Gasteiger partial charge in [-0.15, -0.1) is 0 Å². The summed E-state index contributed by atoms with van der Waals surface area (Å²) in [6.45, 7) is 3.34. The van der Waals surface area contributed by atoms with Gasteiger partial charge in [-0.2, -0.15) is 0 Å². The van der Waals surface area contributed by atoms with E-state index >= 15 is 0 Å². The van der Waals surface area contributed by atoms with Gasteiger partial charge in [-0.25, -0.2) is 4.98 Å². The second kappa shape index (κ2) is 8.99. The van der Waals surface area contributed by atoms with Crippen molar-refractivity contribution < 1.29 is 9.72 Å². The SMILES string of the molecule is CN(CC(=O)N1CCN(c2ccccn2)CC1)Cc1cc([N+](=O)[O-])ccc1Cl. The number of benzene rings is 1. The highest BCUT2D eigenvalue weighted by Gasteiger charge is 2.23. The maximum atomic E-state index is 12.6. The summed E-state index contributed by atoms with van der Waals surface area (Å²) in [6, 6.07) is 10.1. The van der Waals surface area contributed by atoms with E-state index in [-0.39, 0.29) is 18.1 Å². The molecule has 0 spiro atoms. The van der Waals surface area contributed by atoms with Crippen molar-refractivity contribution in [2.24, 2.45) is 0 Å². The highest BCUT2D eigenvalue weighted by Crippen LogP contribution is 2.23. The van der Waals surface area contributed by atoms with Gasteiger partial charge in [0.05, 0.1) is 11.5 Å². The van der Waals surface area contributed by atoms with Crippen LogP contribution >= 0.6 is 11.6 Å². The molecular weight excluding hydrogens is 382 g/mol. The molecule has 3 rings (SSSR count). The van der Waals surface area contributed by atoms with E-state index in [1.165, 1.54) is 18.2 Å². The molecule has 0 aliphatic carbocycles. The van der Waals surface area contributed by atoms with Crippen molar-refractivity contribution in [1.29, 1.82) is 0 Å². The number of hydrogen-bond donors (Lipinski definition) is 0. The summed E-state index contributed by atoms with van der Waals surface area (Å²) in [5.74, 6) is 0.955. The van der Waals surface area contributed by atoms with Crippen LogP contribution in [0.3, 0.4) is 0 Å². The second-order valence-corrected chi connectivity index (χ2v) is 7.17. The fourth-order valence-electron chi connectivity index (χ4n) is 3.20. The van der Waals surface area contributed by atoms with Crippen LogP contribution in [-0.2, 0) is 11.3 Å². The Morgan fingerprint density at radius 2 is 2.00 bits per heavy atom. The molecule has 1 amide bonds.